The number of aromatic carboxylic acids is 1. The fraction of sp³-hybridized carbons (Fsp3) is 0.0769. The number of hydrogen-bond acceptors (Lipinski definition) is 4. The zero-order chi connectivity index (χ0) is 26.0. The quantitative estimate of drug-likeness (QED) is 0.338. The van der Waals surface area contributed by atoms with E-state index in [4.69, 9.17) is 0 Å². The van der Waals surface area contributed by atoms with Gasteiger partial charge in [0.05, 0.1) is 40.4 Å². The maximum Gasteiger partial charge on any atom is 0.354 e. The van der Waals surface area contributed by atoms with Gasteiger partial charge in [-0.3, -0.25) is 9.89 Å². The first-order valence-electron chi connectivity index (χ1n) is 11.2. The maximum atomic E-state index is 15.0. The summed E-state index contributed by atoms with van der Waals surface area (Å²) < 4.78 is 31.7. The summed E-state index contributed by atoms with van der Waals surface area (Å²) in [5.41, 5.74) is -1.13. The third-order valence-electron chi connectivity index (χ3n) is 6.48. The van der Waals surface area contributed by atoms with Gasteiger partial charge in [-0.25, -0.2) is 22.9 Å². The molecule has 0 aliphatic carbocycles. The fourth-order valence-electron chi connectivity index (χ4n) is 4.73. The van der Waals surface area contributed by atoms with Crippen molar-refractivity contribution in [3.63, 3.8) is 0 Å². The van der Waals surface area contributed by atoms with E-state index < -0.39 is 34.5 Å². The van der Waals surface area contributed by atoms with Crippen molar-refractivity contribution in [2.75, 3.05) is 0 Å². The molecule has 0 unspecified atom stereocenters. The molecule has 0 fully saturated rings. The van der Waals surface area contributed by atoms with E-state index >= 15 is 4.39 Å². The number of H-pyrrole nitrogens is 2. The Morgan fingerprint density at radius 1 is 1.03 bits per heavy atom. The molecular formula is C26H17F2N5O4. The Morgan fingerprint density at radius 2 is 1.81 bits per heavy atom. The Morgan fingerprint density at radius 3 is 2.59 bits per heavy atom. The molecule has 3 aromatic carbocycles. The zero-order valence-corrected chi connectivity index (χ0v) is 19.2. The maximum absolute atomic E-state index is 15.0. The summed E-state index contributed by atoms with van der Waals surface area (Å²) in [5, 5.41) is 17.7. The van der Waals surface area contributed by atoms with E-state index in [1.54, 1.807) is 18.2 Å². The van der Waals surface area contributed by atoms with E-state index in [1.165, 1.54) is 42.0 Å². The number of benzene rings is 3. The van der Waals surface area contributed by atoms with Crippen molar-refractivity contribution in [2.24, 2.45) is 0 Å². The number of rotatable bonds is 4. The van der Waals surface area contributed by atoms with Crippen LogP contribution in [0.15, 0.2) is 64.3 Å². The number of carbonyl (C=O) groups is 1. The number of aromatic amines is 2. The lowest BCUT2D eigenvalue weighted by molar-refractivity contribution is 0.0686. The van der Waals surface area contributed by atoms with Gasteiger partial charge >= 0.3 is 11.7 Å². The van der Waals surface area contributed by atoms with Gasteiger partial charge in [0.15, 0.2) is 5.69 Å². The van der Waals surface area contributed by atoms with Gasteiger partial charge in [0.1, 0.15) is 11.6 Å². The molecule has 0 aliphatic rings. The number of para-hydroxylation sites is 1. The summed E-state index contributed by atoms with van der Waals surface area (Å²) in [6.07, 6.45) is 1.45. The van der Waals surface area contributed by atoms with Crippen LogP contribution in [0.25, 0.3) is 38.4 Å². The molecule has 9 nitrogen and oxygen atoms in total. The van der Waals surface area contributed by atoms with Crippen LogP contribution in [0.2, 0.25) is 0 Å². The first-order valence-corrected chi connectivity index (χ1v) is 11.2. The molecule has 0 saturated heterocycles. The molecule has 0 aliphatic heterocycles. The van der Waals surface area contributed by atoms with Gasteiger partial charge in [-0.05, 0) is 48.9 Å². The molecule has 3 heterocycles. The van der Waals surface area contributed by atoms with Gasteiger partial charge in [0, 0.05) is 16.3 Å². The number of nitrogens with zero attached hydrogens (tertiary/aromatic N) is 3. The van der Waals surface area contributed by atoms with Crippen molar-refractivity contribution in [3.8, 4) is 5.69 Å². The molecule has 0 amide bonds. The van der Waals surface area contributed by atoms with Crippen molar-refractivity contribution in [1.82, 2.24) is 24.3 Å². The average Bonchev–Trinajstić information content (AvgIpc) is 3.42. The number of fused-ring (bicyclic) bond motifs is 3. The highest BCUT2D eigenvalue weighted by molar-refractivity contribution is 6.03. The molecule has 3 aromatic heterocycles. The average molecular weight is 501 g/mol. The number of nitrogens with one attached hydrogen (secondary N) is 2. The summed E-state index contributed by atoms with van der Waals surface area (Å²) in [7, 11) is 0. The Labute approximate surface area is 205 Å². The standard InChI is InChI=1S/C26H17F2N5O4/c1-12-6-16-21(9-17(12)27)32(11-14-8-20-13(7-18(14)28)10-29-31-20)23(25(35)36)22(16)33-24(34)15-4-2-3-5-19(15)30-26(33)37/h2-10H,11H2,1H3,(H,29,31)(H,30,37)(H,35,36). The van der Waals surface area contributed by atoms with Crippen molar-refractivity contribution in [2.45, 2.75) is 13.5 Å². The lowest BCUT2D eigenvalue weighted by Crippen LogP contribution is -2.34. The predicted octanol–water partition coefficient (Wildman–Crippen LogP) is 3.84. The van der Waals surface area contributed by atoms with Crippen molar-refractivity contribution in [3.05, 3.63) is 104 Å². The molecule has 0 radical (unpaired) electrons. The van der Waals surface area contributed by atoms with Crippen molar-refractivity contribution < 1.29 is 18.7 Å². The van der Waals surface area contributed by atoms with E-state index in [-0.39, 0.29) is 45.2 Å². The third-order valence-corrected chi connectivity index (χ3v) is 6.48. The second kappa shape index (κ2) is 7.98. The van der Waals surface area contributed by atoms with E-state index in [2.05, 4.69) is 15.2 Å². The van der Waals surface area contributed by atoms with Crippen LogP contribution in [0.4, 0.5) is 8.78 Å². The van der Waals surface area contributed by atoms with Gasteiger partial charge < -0.3 is 14.7 Å². The Balaban J connectivity index is 1.73. The fourth-order valence-corrected chi connectivity index (χ4v) is 4.73. The van der Waals surface area contributed by atoms with Crippen molar-refractivity contribution in [1.29, 1.82) is 0 Å². The molecule has 6 aromatic rings. The van der Waals surface area contributed by atoms with Gasteiger partial charge in [0.25, 0.3) is 5.56 Å². The highest BCUT2D eigenvalue weighted by atomic mass is 19.1. The number of aromatic nitrogens is 5. The SMILES string of the molecule is Cc1cc2c(-n3c(=O)[nH]c4ccccc4c3=O)c(C(=O)O)n(Cc3cc4[nH]ncc4cc3F)c2cc1F. The Hall–Kier alpha value is -5.06. The van der Waals surface area contributed by atoms with Crippen LogP contribution in [-0.2, 0) is 6.54 Å². The largest absolute Gasteiger partial charge is 0.477 e. The van der Waals surface area contributed by atoms with Gasteiger partial charge in [0.2, 0.25) is 0 Å². The predicted molar refractivity (Wildman–Crippen MR) is 132 cm³/mol. The summed E-state index contributed by atoms with van der Waals surface area (Å²) in [5.74, 6) is -2.73. The van der Waals surface area contributed by atoms with Gasteiger partial charge in [-0.15, -0.1) is 0 Å². The van der Waals surface area contributed by atoms with Crippen molar-refractivity contribution >= 4 is 38.7 Å². The second-order valence-corrected chi connectivity index (χ2v) is 8.72. The first-order chi connectivity index (χ1) is 17.7. The summed E-state index contributed by atoms with van der Waals surface area (Å²) in [4.78, 5) is 41.8. The number of aryl methyl sites for hydroxylation is 1. The molecule has 0 bridgehead atoms. The second-order valence-electron chi connectivity index (χ2n) is 8.72. The smallest absolute Gasteiger partial charge is 0.354 e. The Kier molecular flexibility index (Phi) is 4.83. The molecule has 6 rings (SSSR count). The molecule has 3 N–H and O–H groups in total. The molecule has 184 valence electrons. The van der Waals surface area contributed by atoms with Crippen LogP contribution >= 0.6 is 0 Å². The van der Waals surface area contributed by atoms with Crippen LogP contribution in [-0.4, -0.2) is 35.4 Å². The van der Waals surface area contributed by atoms with E-state index in [0.717, 1.165) is 10.6 Å². The molecule has 0 saturated carbocycles. The van der Waals surface area contributed by atoms with Crippen LogP contribution in [0, 0.1) is 18.6 Å². The van der Waals surface area contributed by atoms with Crippen LogP contribution < -0.4 is 11.2 Å². The number of hydrogen-bond donors (Lipinski definition) is 3. The summed E-state index contributed by atoms with van der Waals surface area (Å²) >= 11 is 0. The molecular weight excluding hydrogens is 484 g/mol. The number of halogens is 2. The Bertz CT molecular complexity index is 2030. The normalized spacial score (nSPS) is 11.6. The van der Waals surface area contributed by atoms with E-state index in [0.29, 0.717) is 10.9 Å². The first kappa shape index (κ1) is 22.4. The minimum absolute atomic E-state index is 0.0825. The highest BCUT2D eigenvalue weighted by Gasteiger charge is 2.28. The number of carboxylic acid groups (broad SMARTS) is 1. The van der Waals surface area contributed by atoms with Crippen LogP contribution in [0.1, 0.15) is 21.6 Å². The molecule has 11 heteroatoms. The van der Waals surface area contributed by atoms with E-state index in [1.807, 2.05) is 0 Å². The molecule has 0 atom stereocenters. The number of carboxylic acids is 1. The zero-order valence-electron chi connectivity index (χ0n) is 19.2. The minimum Gasteiger partial charge on any atom is -0.477 e. The van der Waals surface area contributed by atoms with Crippen LogP contribution in [0.5, 0.6) is 0 Å². The minimum atomic E-state index is -1.48. The molecule has 37 heavy (non-hydrogen) atoms. The van der Waals surface area contributed by atoms with Gasteiger partial charge in [-0.2, -0.15) is 5.10 Å². The highest BCUT2D eigenvalue weighted by Crippen LogP contribution is 2.32. The lowest BCUT2D eigenvalue weighted by Gasteiger charge is -2.11. The van der Waals surface area contributed by atoms with Crippen LogP contribution in [0.3, 0.4) is 0 Å². The topological polar surface area (TPSA) is 126 Å². The lowest BCUT2D eigenvalue weighted by atomic mass is 10.1. The summed E-state index contributed by atoms with van der Waals surface area (Å²) in [6.45, 7) is 1.16. The molecule has 0 spiro atoms. The third kappa shape index (κ3) is 3.35. The summed E-state index contributed by atoms with van der Waals surface area (Å²) in [6, 6.07) is 11.5. The van der Waals surface area contributed by atoms with E-state index in [9.17, 15) is 23.9 Å². The van der Waals surface area contributed by atoms with Gasteiger partial charge in [-0.1, -0.05) is 12.1 Å². The monoisotopic (exact) mass is 501 g/mol.